The lowest BCUT2D eigenvalue weighted by atomic mass is 9.71. The first-order chi connectivity index (χ1) is 20.1. The van der Waals surface area contributed by atoms with E-state index < -0.39 is 31.1 Å². The molecule has 1 saturated heterocycles. The van der Waals surface area contributed by atoms with Gasteiger partial charge in [0.25, 0.3) is 13.2 Å². The number of carbonyl (C=O) groups is 2. The van der Waals surface area contributed by atoms with Crippen LogP contribution in [0.1, 0.15) is 16.8 Å². The number of nitrogens with two attached hydrogens (primary N) is 2. The minimum Gasteiger partial charge on any atom is -0.490 e. The van der Waals surface area contributed by atoms with Crippen LogP contribution in [-0.4, -0.2) is 113 Å². The van der Waals surface area contributed by atoms with Gasteiger partial charge in [-0.25, -0.2) is 5.73 Å². The molecular weight excluding hydrogens is 597 g/mol. The summed E-state index contributed by atoms with van der Waals surface area (Å²) in [5, 5.41) is 14.5. The lowest BCUT2D eigenvalue weighted by Gasteiger charge is -2.20. The maximum atomic E-state index is 12.9. The normalized spacial score (nSPS) is 19.0. The molecule has 12 nitrogen and oxygen atoms in total. The van der Waals surface area contributed by atoms with Gasteiger partial charge in [0.2, 0.25) is 5.91 Å². The predicted molar refractivity (Wildman–Crippen MR) is 156 cm³/mol. The monoisotopic (exact) mass is 633 g/mol. The highest BCUT2D eigenvalue weighted by Gasteiger charge is 2.41. The zero-order valence-electron chi connectivity index (χ0n) is 23.1. The first kappa shape index (κ1) is 36.1. The Morgan fingerprint density at radius 3 is 2.86 bits per heavy atom. The molecule has 0 aliphatic carbocycles. The molecule has 1 aliphatic heterocycles. The Morgan fingerprint density at radius 1 is 1.33 bits per heavy atom. The Kier molecular flexibility index (Phi) is 17.1. The lowest BCUT2D eigenvalue weighted by molar-refractivity contribution is -0.266. The van der Waals surface area contributed by atoms with Crippen LogP contribution in [0.4, 0.5) is 8.78 Å². The quantitative estimate of drug-likeness (QED) is 0.0342. The molecule has 42 heavy (non-hydrogen) atoms. The number of carbonyl (C=O) groups excluding carboxylic acids is 2. The molecule has 1 fully saturated rings. The number of ether oxygens (including phenoxy) is 5. The van der Waals surface area contributed by atoms with Crippen molar-refractivity contribution < 1.29 is 47.2 Å². The van der Waals surface area contributed by atoms with Crippen LogP contribution in [0.15, 0.2) is 24.3 Å². The van der Waals surface area contributed by atoms with Gasteiger partial charge in [0.15, 0.2) is 0 Å². The summed E-state index contributed by atoms with van der Waals surface area (Å²) in [6.45, 7) is 0.695. The zero-order chi connectivity index (χ0) is 30.8. The Bertz CT molecular complexity index is 1030. The highest BCUT2D eigenvalue weighted by atomic mass is 33.1. The largest absolute Gasteiger partial charge is 0.490 e. The molecule has 0 bridgehead atoms. The number of rotatable bonds is 19. The van der Waals surface area contributed by atoms with Gasteiger partial charge >= 0.3 is 6.23 Å². The van der Waals surface area contributed by atoms with Crippen molar-refractivity contribution in [2.75, 3.05) is 58.9 Å². The van der Waals surface area contributed by atoms with E-state index in [0.29, 0.717) is 24.4 Å². The van der Waals surface area contributed by atoms with Gasteiger partial charge in [0.05, 0.1) is 32.5 Å². The molecule has 233 valence electrons. The van der Waals surface area contributed by atoms with E-state index in [0.717, 1.165) is 0 Å². The number of halogens is 2. The Morgan fingerprint density at radius 2 is 2.14 bits per heavy atom. The standard InChI is InChI=1S/C25H36BF2N4O8S2/c1-41-42-23(16-38-18-5-2-4-17(12-18)24(35)32-9-7-29)37-11-10-36-15-22(34)31-8-3-6-26-21-13-19(20(14-33)39-21)40-25(27,28)30/h2,4-5,12,19-21,23,33H,7-11,13-16,29-30H2,1H3,(H,31,34)(H,32,35)/t19-,20?,21-,23?/m1/s1. The number of hydrogen-bond donors (Lipinski definition) is 5. The van der Waals surface area contributed by atoms with Crippen molar-refractivity contribution in [2.24, 2.45) is 11.5 Å². The van der Waals surface area contributed by atoms with Crippen LogP contribution in [-0.2, 0) is 23.7 Å². The lowest BCUT2D eigenvalue weighted by Crippen LogP contribution is -2.40. The second-order valence-electron chi connectivity index (χ2n) is 8.61. The van der Waals surface area contributed by atoms with Crippen LogP contribution in [0.2, 0.25) is 0 Å². The SMILES string of the molecule is CSSC(COc1cccc(C(=O)NCCN)c1)OCCOCC(=O)NCC#C[B][C@H]1C[C@@H](OC(N)(F)F)C(CO)O1. The summed E-state index contributed by atoms with van der Waals surface area (Å²) < 4.78 is 52.5. The number of amides is 2. The van der Waals surface area contributed by atoms with Crippen LogP contribution in [0.25, 0.3) is 0 Å². The summed E-state index contributed by atoms with van der Waals surface area (Å²) in [5.41, 5.74) is 10.1. The fourth-order valence-corrected chi connectivity index (χ4v) is 5.00. The summed E-state index contributed by atoms with van der Waals surface area (Å²) in [5.74, 6) is 5.29. The highest BCUT2D eigenvalue weighted by Crippen LogP contribution is 2.27. The second kappa shape index (κ2) is 19.9. The molecular formula is C25H36BF2N4O8S2. The third-order valence-corrected chi connectivity index (χ3v) is 7.24. The van der Waals surface area contributed by atoms with Crippen molar-refractivity contribution in [2.45, 2.75) is 36.3 Å². The van der Waals surface area contributed by atoms with Gasteiger partial charge in [-0.05, 0) is 30.9 Å². The molecule has 1 aromatic rings. The molecule has 2 unspecified atom stereocenters. The van der Waals surface area contributed by atoms with Gasteiger partial charge < -0.3 is 45.2 Å². The molecule has 0 saturated carbocycles. The summed E-state index contributed by atoms with van der Waals surface area (Å²) in [6, 6.07) is 6.17. The molecule has 1 radical (unpaired) electrons. The van der Waals surface area contributed by atoms with E-state index in [1.807, 2.05) is 6.26 Å². The van der Waals surface area contributed by atoms with Crippen molar-refractivity contribution in [3.63, 3.8) is 0 Å². The van der Waals surface area contributed by atoms with Gasteiger partial charge in [0, 0.05) is 24.7 Å². The average Bonchev–Trinajstić information content (AvgIpc) is 3.34. The smallest absolute Gasteiger partial charge is 0.420 e. The van der Waals surface area contributed by atoms with Crippen LogP contribution in [0.3, 0.4) is 0 Å². The number of aliphatic hydroxyl groups excluding tert-OH is 1. The molecule has 2 amide bonds. The van der Waals surface area contributed by atoms with E-state index in [9.17, 15) is 23.5 Å². The van der Waals surface area contributed by atoms with Crippen molar-refractivity contribution in [1.29, 1.82) is 0 Å². The maximum absolute atomic E-state index is 12.9. The molecule has 4 atom stereocenters. The minimum absolute atomic E-state index is 0.0335. The highest BCUT2D eigenvalue weighted by molar-refractivity contribution is 8.76. The minimum atomic E-state index is -3.83. The summed E-state index contributed by atoms with van der Waals surface area (Å²) in [7, 11) is 4.41. The molecule has 17 heteroatoms. The zero-order valence-corrected chi connectivity index (χ0v) is 24.7. The molecule has 0 aromatic heterocycles. The van der Waals surface area contributed by atoms with Gasteiger partial charge in [-0.15, -0.1) is 0 Å². The second-order valence-corrected chi connectivity index (χ2v) is 11.2. The van der Waals surface area contributed by atoms with E-state index >= 15 is 0 Å². The topological polar surface area (TPSA) is 177 Å². The number of benzene rings is 1. The van der Waals surface area contributed by atoms with Crippen LogP contribution in [0.5, 0.6) is 5.75 Å². The average molecular weight is 634 g/mol. The fraction of sp³-hybridized carbons (Fsp3) is 0.600. The van der Waals surface area contributed by atoms with Gasteiger partial charge in [0.1, 0.15) is 30.5 Å². The van der Waals surface area contributed by atoms with Crippen molar-refractivity contribution in [3.05, 3.63) is 29.8 Å². The van der Waals surface area contributed by atoms with Crippen molar-refractivity contribution in [3.8, 4) is 17.5 Å². The Hall–Kier alpha value is -2.14. The number of alkyl halides is 2. The predicted octanol–water partition coefficient (Wildman–Crippen LogP) is -0.0928. The van der Waals surface area contributed by atoms with E-state index in [4.69, 9.17) is 24.7 Å². The third-order valence-electron chi connectivity index (χ3n) is 5.34. The fourth-order valence-electron chi connectivity index (χ4n) is 3.53. The molecule has 1 aliphatic rings. The molecule has 2 rings (SSSR count). The molecule has 7 N–H and O–H groups in total. The first-order valence-corrected chi connectivity index (χ1v) is 15.6. The maximum Gasteiger partial charge on any atom is 0.420 e. The molecule has 1 heterocycles. The summed E-state index contributed by atoms with van der Waals surface area (Å²) in [4.78, 5) is 24.0. The van der Waals surface area contributed by atoms with Gasteiger partial charge in [-0.2, -0.15) is 14.6 Å². The van der Waals surface area contributed by atoms with Crippen LogP contribution < -0.4 is 26.8 Å². The van der Waals surface area contributed by atoms with Crippen molar-refractivity contribution in [1.82, 2.24) is 10.6 Å². The summed E-state index contributed by atoms with van der Waals surface area (Å²) in [6.07, 6.45) is -3.88. The first-order valence-electron chi connectivity index (χ1n) is 12.9. The number of nitrogens with one attached hydrogen (secondary N) is 2. The van der Waals surface area contributed by atoms with Crippen LogP contribution >= 0.6 is 21.6 Å². The molecule has 1 aromatic carbocycles. The van der Waals surface area contributed by atoms with E-state index in [1.165, 1.54) is 28.9 Å². The number of hydrogen-bond acceptors (Lipinski definition) is 12. The molecule has 0 spiro atoms. The summed E-state index contributed by atoms with van der Waals surface area (Å²) >= 11 is 0. The van der Waals surface area contributed by atoms with E-state index in [2.05, 4.69) is 32.8 Å². The van der Waals surface area contributed by atoms with E-state index in [1.54, 1.807) is 24.3 Å². The van der Waals surface area contributed by atoms with Crippen molar-refractivity contribution >= 4 is 40.7 Å². The third kappa shape index (κ3) is 14.9. The Labute approximate surface area is 252 Å². The van der Waals surface area contributed by atoms with Gasteiger partial charge in [-0.1, -0.05) is 33.6 Å². The number of aliphatic hydroxyl groups is 1. The van der Waals surface area contributed by atoms with E-state index in [-0.39, 0.29) is 56.6 Å². The van der Waals surface area contributed by atoms with Gasteiger partial charge in [-0.3, -0.25) is 9.59 Å². The van der Waals surface area contributed by atoms with Crippen LogP contribution in [0, 0.1) is 11.7 Å². The Balaban J connectivity index is 1.60.